The number of nitrogens with zero attached hydrogens (tertiary/aromatic N) is 1. The molecule has 172 valence electrons. The Balaban J connectivity index is 2.16. The van der Waals surface area contributed by atoms with Crippen LogP contribution in [0.25, 0.3) is 11.1 Å². The highest BCUT2D eigenvalue weighted by Crippen LogP contribution is 2.32. The topological polar surface area (TPSA) is 98.7 Å². The number of benzene rings is 3. The summed E-state index contributed by atoms with van der Waals surface area (Å²) in [6, 6.07) is 18.0. The van der Waals surface area contributed by atoms with Crippen LogP contribution in [0.2, 0.25) is 5.02 Å². The summed E-state index contributed by atoms with van der Waals surface area (Å²) >= 11 is 4.15. The van der Waals surface area contributed by atoms with Crippen molar-refractivity contribution >= 4 is 34.1 Å². The Morgan fingerprint density at radius 1 is 1.06 bits per heavy atom. The SMILES string of the molecule is Cc1cc(-c2cccc(S(=O)[O-])c2)cc(C)c1N=C(C=C(N)C(C)(C)O)c1ccccc1Cl. The first-order valence-corrected chi connectivity index (χ1v) is 11.8. The lowest BCUT2D eigenvalue weighted by atomic mass is 9.98. The average molecular weight is 482 g/mol. The van der Waals surface area contributed by atoms with Gasteiger partial charge in [-0.15, -0.1) is 0 Å². The molecule has 1 atom stereocenters. The van der Waals surface area contributed by atoms with Crippen LogP contribution in [0.5, 0.6) is 0 Å². The number of hydrogen-bond acceptors (Lipinski definition) is 5. The lowest BCUT2D eigenvalue weighted by Crippen LogP contribution is -2.28. The normalized spacial score (nSPS) is 13.8. The van der Waals surface area contributed by atoms with Gasteiger partial charge in [0, 0.05) is 21.2 Å². The Hall–Kier alpha value is -2.77. The molecule has 33 heavy (non-hydrogen) atoms. The molecule has 0 bridgehead atoms. The van der Waals surface area contributed by atoms with E-state index in [0.717, 1.165) is 27.9 Å². The first kappa shape index (κ1) is 24.9. The van der Waals surface area contributed by atoms with Gasteiger partial charge in [0.2, 0.25) is 0 Å². The molecule has 0 heterocycles. The summed E-state index contributed by atoms with van der Waals surface area (Å²) in [7, 11) is 0. The summed E-state index contributed by atoms with van der Waals surface area (Å²) in [5.41, 5.74) is 10.7. The van der Waals surface area contributed by atoms with Crippen molar-refractivity contribution in [2.24, 2.45) is 10.7 Å². The fourth-order valence-electron chi connectivity index (χ4n) is 3.36. The molecular weight excluding hydrogens is 456 g/mol. The molecule has 0 saturated heterocycles. The van der Waals surface area contributed by atoms with Crippen molar-refractivity contribution in [3.8, 4) is 11.1 Å². The van der Waals surface area contributed by atoms with E-state index in [4.69, 9.17) is 22.3 Å². The van der Waals surface area contributed by atoms with Crippen LogP contribution in [0, 0.1) is 13.8 Å². The molecule has 3 rings (SSSR count). The standard InChI is InChI=1S/C26H27ClN2O3S/c1-16-12-19(18-8-7-9-20(14-18)33(31)32)13-17(2)25(16)29-23(15-24(28)26(3,4)30)21-10-5-6-11-22(21)27/h5-15,30H,28H2,1-4H3,(H,31,32)/p-1. The Labute approximate surface area is 201 Å². The quantitative estimate of drug-likeness (QED) is 0.353. The Morgan fingerprint density at radius 3 is 2.27 bits per heavy atom. The van der Waals surface area contributed by atoms with E-state index in [1.165, 1.54) is 0 Å². The molecule has 0 radical (unpaired) electrons. The number of aliphatic imine (C=N–C) groups is 1. The molecule has 1 unspecified atom stereocenters. The van der Waals surface area contributed by atoms with Crippen molar-refractivity contribution in [1.29, 1.82) is 0 Å². The highest BCUT2D eigenvalue weighted by Gasteiger charge is 2.18. The predicted octanol–water partition coefficient (Wildman–Crippen LogP) is 5.60. The van der Waals surface area contributed by atoms with Crippen molar-refractivity contribution < 1.29 is 13.9 Å². The van der Waals surface area contributed by atoms with Gasteiger partial charge in [-0.25, -0.2) is 4.99 Å². The molecule has 5 nitrogen and oxygen atoms in total. The maximum absolute atomic E-state index is 11.4. The minimum Gasteiger partial charge on any atom is -0.768 e. The van der Waals surface area contributed by atoms with Gasteiger partial charge in [-0.3, -0.25) is 4.21 Å². The van der Waals surface area contributed by atoms with E-state index in [1.807, 2.05) is 50.2 Å². The van der Waals surface area contributed by atoms with E-state index in [9.17, 15) is 13.9 Å². The van der Waals surface area contributed by atoms with Crippen LogP contribution >= 0.6 is 11.6 Å². The van der Waals surface area contributed by atoms with Gasteiger partial charge in [-0.1, -0.05) is 41.9 Å². The van der Waals surface area contributed by atoms with Gasteiger partial charge in [-0.05, 0) is 97.4 Å². The zero-order chi connectivity index (χ0) is 24.3. The number of aliphatic hydroxyl groups is 1. The Kier molecular flexibility index (Phi) is 7.55. The van der Waals surface area contributed by atoms with Gasteiger partial charge in [0.15, 0.2) is 0 Å². The predicted molar refractivity (Wildman–Crippen MR) is 135 cm³/mol. The third kappa shape index (κ3) is 5.97. The fourth-order valence-corrected chi connectivity index (χ4v) is 4.01. The average Bonchev–Trinajstić information content (AvgIpc) is 2.75. The van der Waals surface area contributed by atoms with Crippen LogP contribution in [0.1, 0.15) is 30.5 Å². The van der Waals surface area contributed by atoms with Crippen LogP contribution in [0.15, 0.2) is 82.3 Å². The monoisotopic (exact) mass is 481 g/mol. The molecule has 0 amide bonds. The smallest absolute Gasteiger partial charge is 0.0982 e. The number of allylic oxidation sites excluding steroid dienone is 1. The van der Waals surface area contributed by atoms with Gasteiger partial charge >= 0.3 is 0 Å². The van der Waals surface area contributed by atoms with Gasteiger partial charge in [0.25, 0.3) is 0 Å². The lowest BCUT2D eigenvalue weighted by molar-refractivity contribution is 0.118. The van der Waals surface area contributed by atoms with Crippen molar-refractivity contribution in [2.45, 2.75) is 38.2 Å². The molecule has 3 aromatic carbocycles. The Morgan fingerprint density at radius 2 is 1.70 bits per heavy atom. The van der Waals surface area contributed by atoms with Crippen LogP contribution in [-0.2, 0) is 11.1 Å². The molecule has 0 fully saturated rings. The third-order valence-electron chi connectivity index (χ3n) is 5.23. The summed E-state index contributed by atoms with van der Waals surface area (Å²) in [6.07, 6.45) is 1.64. The molecule has 0 saturated carbocycles. The van der Waals surface area contributed by atoms with Crippen LogP contribution < -0.4 is 5.73 Å². The second-order valence-electron chi connectivity index (χ2n) is 8.36. The number of aryl methyl sites for hydroxylation is 2. The van der Waals surface area contributed by atoms with E-state index in [2.05, 4.69) is 0 Å². The number of rotatable bonds is 6. The van der Waals surface area contributed by atoms with Gasteiger partial charge in [0.05, 0.1) is 17.0 Å². The molecule has 0 spiro atoms. The van der Waals surface area contributed by atoms with Crippen molar-refractivity contribution in [3.63, 3.8) is 0 Å². The minimum atomic E-state index is -2.30. The number of halogens is 1. The summed E-state index contributed by atoms with van der Waals surface area (Å²) in [5, 5.41) is 10.8. The Bertz CT molecular complexity index is 1250. The first-order valence-electron chi connectivity index (χ1n) is 10.3. The maximum Gasteiger partial charge on any atom is 0.0982 e. The highest BCUT2D eigenvalue weighted by atomic mass is 35.5. The van der Waals surface area contributed by atoms with Crippen LogP contribution in [-0.4, -0.2) is 25.2 Å². The zero-order valence-corrected chi connectivity index (χ0v) is 20.5. The minimum absolute atomic E-state index is 0.234. The lowest BCUT2D eigenvalue weighted by Gasteiger charge is -2.19. The van der Waals surface area contributed by atoms with Gasteiger partial charge in [-0.2, -0.15) is 0 Å². The molecule has 0 aliphatic rings. The molecule has 0 aromatic heterocycles. The highest BCUT2D eigenvalue weighted by molar-refractivity contribution is 7.79. The largest absolute Gasteiger partial charge is 0.768 e. The number of hydrogen-bond donors (Lipinski definition) is 2. The van der Waals surface area contributed by atoms with E-state index in [0.29, 0.717) is 16.3 Å². The zero-order valence-electron chi connectivity index (χ0n) is 18.9. The molecule has 3 N–H and O–H groups in total. The second kappa shape index (κ2) is 10.0. The van der Waals surface area contributed by atoms with E-state index >= 15 is 0 Å². The third-order valence-corrected chi connectivity index (χ3v) is 6.20. The van der Waals surface area contributed by atoms with E-state index in [1.54, 1.807) is 44.2 Å². The van der Waals surface area contributed by atoms with Crippen molar-refractivity contribution in [3.05, 3.63) is 94.1 Å². The second-order valence-corrected chi connectivity index (χ2v) is 9.70. The maximum atomic E-state index is 11.4. The van der Waals surface area contributed by atoms with E-state index < -0.39 is 16.7 Å². The molecular formula is C26H26ClN2O3S-. The first-order chi connectivity index (χ1) is 15.5. The fraction of sp³-hybridized carbons (Fsp3) is 0.192. The van der Waals surface area contributed by atoms with E-state index in [-0.39, 0.29) is 10.6 Å². The molecule has 0 aliphatic heterocycles. The molecule has 7 heteroatoms. The molecule has 3 aromatic rings. The van der Waals surface area contributed by atoms with Gasteiger partial charge in [0.1, 0.15) is 0 Å². The summed E-state index contributed by atoms with van der Waals surface area (Å²) < 4.78 is 22.7. The summed E-state index contributed by atoms with van der Waals surface area (Å²) in [6.45, 7) is 7.10. The summed E-state index contributed by atoms with van der Waals surface area (Å²) in [5.74, 6) is 0. The van der Waals surface area contributed by atoms with Crippen LogP contribution in [0.3, 0.4) is 0 Å². The summed E-state index contributed by atoms with van der Waals surface area (Å²) in [4.78, 5) is 5.12. The van der Waals surface area contributed by atoms with Gasteiger partial charge < -0.3 is 15.4 Å². The van der Waals surface area contributed by atoms with Crippen molar-refractivity contribution in [1.82, 2.24) is 0 Å². The molecule has 0 aliphatic carbocycles. The van der Waals surface area contributed by atoms with Crippen molar-refractivity contribution in [2.75, 3.05) is 0 Å². The van der Waals surface area contributed by atoms with Crippen LogP contribution in [0.4, 0.5) is 5.69 Å². The number of nitrogens with two attached hydrogens (primary N) is 1.